The normalized spacial score (nSPS) is 37.3. The van der Waals surface area contributed by atoms with E-state index in [4.69, 9.17) is 5.73 Å². The molecule has 86 valence electrons. The second-order valence-corrected chi connectivity index (χ2v) is 4.83. The van der Waals surface area contributed by atoms with Crippen LogP contribution in [0.5, 0.6) is 0 Å². The summed E-state index contributed by atoms with van der Waals surface area (Å²) in [6.07, 6.45) is 5.24. The van der Waals surface area contributed by atoms with Crippen molar-refractivity contribution in [3.8, 4) is 0 Å². The summed E-state index contributed by atoms with van der Waals surface area (Å²) in [5.74, 6) is 0.287. The van der Waals surface area contributed by atoms with Gasteiger partial charge in [-0.2, -0.15) is 0 Å². The molecule has 2 fully saturated rings. The van der Waals surface area contributed by atoms with E-state index >= 15 is 0 Å². The first-order valence-electron chi connectivity index (χ1n) is 5.89. The molecule has 0 aromatic rings. The lowest BCUT2D eigenvalue weighted by Gasteiger charge is -2.46. The van der Waals surface area contributed by atoms with Crippen LogP contribution in [0.1, 0.15) is 32.1 Å². The molecule has 0 aromatic heterocycles. The van der Waals surface area contributed by atoms with E-state index in [1.807, 2.05) is 0 Å². The zero-order valence-electron chi connectivity index (χ0n) is 9.06. The number of likely N-dealkylation sites (tertiary alicyclic amines) is 1. The van der Waals surface area contributed by atoms with Crippen LogP contribution >= 0.6 is 0 Å². The predicted octanol–water partition coefficient (Wildman–Crippen LogP) is 0.0971. The van der Waals surface area contributed by atoms with E-state index in [1.165, 1.54) is 12.8 Å². The van der Waals surface area contributed by atoms with E-state index < -0.39 is 0 Å². The summed E-state index contributed by atoms with van der Waals surface area (Å²) >= 11 is 0. The number of rotatable bonds is 2. The maximum absolute atomic E-state index is 10.9. The Bertz CT molecular complexity index is 243. The fraction of sp³-hybridized carbons (Fsp3) is 0.909. The summed E-state index contributed by atoms with van der Waals surface area (Å²) in [4.78, 5) is 13.0. The quantitative estimate of drug-likeness (QED) is 0.682. The summed E-state index contributed by atoms with van der Waals surface area (Å²) in [5, 5.41) is 9.99. The van der Waals surface area contributed by atoms with Crippen molar-refractivity contribution < 1.29 is 9.90 Å². The maximum atomic E-state index is 10.9. The molecule has 0 unspecified atom stereocenters. The fourth-order valence-electron chi connectivity index (χ4n) is 3.19. The number of piperidine rings is 1. The number of carbonyl (C=O) groups is 1. The lowest BCUT2D eigenvalue weighted by atomic mass is 9.76. The van der Waals surface area contributed by atoms with Crippen molar-refractivity contribution in [1.82, 2.24) is 4.90 Å². The number of hydrogen-bond donors (Lipinski definition) is 2. The van der Waals surface area contributed by atoms with Crippen molar-refractivity contribution in [3.05, 3.63) is 0 Å². The standard InChI is InChI=1S/C11H20N2O2/c12-10(15)7-13-6-2-4-8-3-1-5-9(14)11(8)13/h8-9,11,14H,1-7H2,(H2,12,15)/t8-,9+,11-/m0/s1. The first-order valence-corrected chi connectivity index (χ1v) is 5.89. The number of aliphatic hydroxyl groups is 1. The first kappa shape index (κ1) is 10.9. The number of carbonyl (C=O) groups excluding carboxylic acids is 1. The second-order valence-electron chi connectivity index (χ2n) is 4.83. The van der Waals surface area contributed by atoms with Gasteiger partial charge >= 0.3 is 0 Å². The van der Waals surface area contributed by atoms with Crippen molar-refractivity contribution in [3.63, 3.8) is 0 Å². The molecule has 1 amide bonds. The van der Waals surface area contributed by atoms with Gasteiger partial charge in [-0.25, -0.2) is 0 Å². The SMILES string of the molecule is NC(=O)CN1CCC[C@@H]2CCC[C@@H](O)[C@H]21. The number of nitrogens with zero attached hydrogens (tertiary/aromatic N) is 1. The van der Waals surface area contributed by atoms with Crippen LogP contribution < -0.4 is 5.73 Å². The molecule has 1 saturated heterocycles. The molecule has 0 radical (unpaired) electrons. The zero-order chi connectivity index (χ0) is 10.8. The van der Waals surface area contributed by atoms with Crippen LogP contribution in [0.15, 0.2) is 0 Å². The molecule has 1 aliphatic heterocycles. The average Bonchev–Trinajstić information content (AvgIpc) is 2.17. The van der Waals surface area contributed by atoms with E-state index in [1.54, 1.807) is 0 Å². The summed E-state index contributed by atoms with van der Waals surface area (Å²) in [6, 6.07) is 0.181. The van der Waals surface area contributed by atoms with Crippen molar-refractivity contribution in [2.75, 3.05) is 13.1 Å². The Morgan fingerprint density at radius 3 is 2.80 bits per heavy atom. The van der Waals surface area contributed by atoms with E-state index in [2.05, 4.69) is 4.90 Å². The van der Waals surface area contributed by atoms with Gasteiger partial charge in [0.1, 0.15) is 0 Å². The highest BCUT2D eigenvalue weighted by atomic mass is 16.3. The number of primary amides is 1. The van der Waals surface area contributed by atoms with Crippen LogP contribution in [-0.4, -0.2) is 41.1 Å². The lowest BCUT2D eigenvalue weighted by Crippen LogP contribution is -2.55. The highest BCUT2D eigenvalue weighted by Gasteiger charge is 2.38. The number of hydrogen-bond acceptors (Lipinski definition) is 3. The molecule has 0 aromatic carbocycles. The molecule has 3 N–H and O–H groups in total. The van der Waals surface area contributed by atoms with E-state index in [0.717, 1.165) is 25.8 Å². The van der Waals surface area contributed by atoms with Gasteiger partial charge in [-0.1, -0.05) is 6.42 Å². The molecule has 0 spiro atoms. The smallest absolute Gasteiger partial charge is 0.231 e. The zero-order valence-corrected chi connectivity index (χ0v) is 9.06. The van der Waals surface area contributed by atoms with E-state index in [0.29, 0.717) is 12.5 Å². The minimum absolute atomic E-state index is 0.181. The first-order chi connectivity index (χ1) is 7.18. The van der Waals surface area contributed by atoms with Crippen molar-refractivity contribution in [2.45, 2.75) is 44.2 Å². The minimum atomic E-state index is -0.284. The number of aliphatic hydroxyl groups excluding tert-OH is 1. The van der Waals surface area contributed by atoms with Gasteiger partial charge in [-0.3, -0.25) is 9.69 Å². The molecule has 1 saturated carbocycles. The Morgan fingerprint density at radius 2 is 2.07 bits per heavy atom. The van der Waals surface area contributed by atoms with Crippen molar-refractivity contribution in [2.24, 2.45) is 11.7 Å². The Morgan fingerprint density at radius 1 is 1.33 bits per heavy atom. The summed E-state index contributed by atoms with van der Waals surface area (Å²) < 4.78 is 0. The highest BCUT2D eigenvalue weighted by Crippen LogP contribution is 2.35. The van der Waals surface area contributed by atoms with Gasteiger partial charge in [0, 0.05) is 6.04 Å². The molecule has 0 bridgehead atoms. The number of amides is 1. The van der Waals surface area contributed by atoms with Gasteiger partial charge in [0.25, 0.3) is 0 Å². The van der Waals surface area contributed by atoms with E-state index in [9.17, 15) is 9.90 Å². The third kappa shape index (κ3) is 2.32. The fourth-order valence-corrected chi connectivity index (χ4v) is 3.19. The molecular weight excluding hydrogens is 192 g/mol. The van der Waals surface area contributed by atoms with Gasteiger partial charge in [-0.15, -0.1) is 0 Å². The average molecular weight is 212 g/mol. The van der Waals surface area contributed by atoms with Gasteiger partial charge in [0.2, 0.25) is 5.91 Å². The van der Waals surface area contributed by atoms with Crippen LogP contribution in [0.25, 0.3) is 0 Å². The monoisotopic (exact) mass is 212 g/mol. The van der Waals surface area contributed by atoms with Gasteiger partial charge in [0.05, 0.1) is 12.6 Å². The molecule has 4 nitrogen and oxygen atoms in total. The number of fused-ring (bicyclic) bond motifs is 1. The topological polar surface area (TPSA) is 66.6 Å². The molecule has 2 aliphatic rings. The number of nitrogens with two attached hydrogens (primary N) is 1. The largest absolute Gasteiger partial charge is 0.391 e. The van der Waals surface area contributed by atoms with Crippen LogP contribution in [0, 0.1) is 5.92 Å². The highest BCUT2D eigenvalue weighted by molar-refractivity contribution is 5.76. The van der Waals surface area contributed by atoms with Gasteiger partial charge < -0.3 is 10.8 Å². The van der Waals surface area contributed by atoms with Gasteiger partial charge in [-0.05, 0) is 38.1 Å². The van der Waals surface area contributed by atoms with Crippen LogP contribution in [0.2, 0.25) is 0 Å². The summed E-state index contributed by atoms with van der Waals surface area (Å²) in [7, 11) is 0. The van der Waals surface area contributed by atoms with Crippen LogP contribution in [0.4, 0.5) is 0 Å². The molecular formula is C11H20N2O2. The van der Waals surface area contributed by atoms with Gasteiger partial charge in [0.15, 0.2) is 0 Å². The molecule has 1 heterocycles. The molecule has 15 heavy (non-hydrogen) atoms. The predicted molar refractivity (Wildman–Crippen MR) is 57.1 cm³/mol. The Kier molecular flexibility index (Phi) is 3.26. The second kappa shape index (κ2) is 4.49. The molecule has 1 aliphatic carbocycles. The third-order valence-electron chi connectivity index (χ3n) is 3.75. The maximum Gasteiger partial charge on any atom is 0.231 e. The third-order valence-corrected chi connectivity index (χ3v) is 3.75. The molecule has 3 atom stereocenters. The van der Waals surface area contributed by atoms with Crippen molar-refractivity contribution in [1.29, 1.82) is 0 Å². The minimum Gasteiger partial charge on any atom is -0.391 e. The molecule has 2 rings (SSSR count). The van der Waals surface area contributed by atoms with E-state index in [-0.39, 0.29) is 18.1 Å². The lowest BCUT2D eigenvalue weighted by molar-refractivity contribution is -0.122. The van der Waals surface area contributed by atoms with Crippen molar-refractivity contribution >= 4 is 5.91 Å². The van der Waals surface area contributed by atoms with Crippen LogP contribution in [0.3, 0.4) is 0 Å². The Balaban J connectivity index is 2.05. The summed E-state index contributed by atoms with van der Waals surface area (Å²) in [5.41, 5.74) is 5.23. The Labute approximate surface area is 90.4 Å². The summed E-state index contributed by atoms with van der Waals surface area (Å²) in [6.45, 7) is 1.21. The van der Waals surface area contributed by atoms with Crippen LogP contribution in [-0.2, 0) is 4.79 Å². The molecule has 4 heteroatoms. The Hall–Kier alpha value is -0.610.